The fourth-order valence-electron chi connectivity index (χ4n) is 3.37. The minimum Gasteiger partial charge on any atom is -0.480 e. The molecule has 6 heteroatoms. The molecule has 2 rings (SSSR count). The van der Waals surface area contributed by atoms with Crippen LogP contribution >= 0.6 is 0 Å². The van der Waals surface area contributed by atoms with Crippen LogP contribution in [0, 0.1) is 17.2 Å². The van der Waals surface area contributed by atoms with Crippen LogP contribution in [0.4, 0.5) is 0 Å². The van der Waals surface area contributed by atoms with Gasteiger partial charge in [0.15, 0.2) is 0 Å². The van der Waals surface area contributed by atoms with Crippen molar-refractivity contribution in [1.29, 1.82) is 5.26 Å². The topological polar surface area (TPSA) is 98.5 Å². The minimum atomic E-state index is -1.07. The molecule has 1 N–H and O–H groups in total. The number of carbonyl (C=O) groups excluding carboxylic acids is 2. The first kappa shape index (κ1) is 22.8. The van der Waals surface area contributed by atoms with Gasteiger partial charge in [-0.25, -0.2) is 4.79 Å². The highest BCUT2D eigenvalue weighted by atomic mass is 16.4. The van der Waals surface area contributed by atoms with Crippen LogP contribution in [0.5, 0.6) is 0 Å². The Balaban J connectivity index is 2.30. The predicted octanol–water partition coefficient (Wildman–Crippen LogP) is 4.03. The maximum absolute atomic E-state index is 12.7. The molecule has 1 amide bonds. The molecule has 0 aliphatic heterocycles. The lowest BCUT2D eigenvalue weighted by atomic mass is 9.98. The Morgan fingerprint density at radius 2 is 1.67 bits per heavy atom. The van der Waals surface area contributed by atoms with Gasteiger partial charge in [-0.05, 0) is 35.6 Å². The third-order valence-electron chi connectivity index (χ3n) is 4.90. The van der Waals surface area contributed by atoms with Crippen molar-refractivity contribution >= 4 is 17.7 Å². The molecule has 0 heterocycles. The second-order valence-corrected chi connectivity index (χ2v) is 7.61. The van der Waals surface area contributed by atoms with Crippen molar-refractivity contribution in [3.05, 3.63) is 59.7 Å². The van der Waals surface area contributed by atoms with Gasteiger partial charge in [-0.15, -0.1) is 0 Å². The van der Waals surface area contributed by atoms with Crippen LogP contribution < -0.4 is 0 Å². The zero-order chi connectivity index (χ0) is 22.3. The van der Waals surface area contributed by atoms with E-state index in [1.165, 1.54) is 11.8 Å². The molecule has 0 saturated carbocycles. The van der Waals surface area contributed by atoms with Gasteiger partial charge in [0.25, 0.3) is 0 Å². The molecule has 156 valence electrons. The molecule has 0 spiro atoms. The van der Waals surface area contributed by atoms with Crippen molar-refractivity contribution in [1.82, 2.24) is 4.90 Å². The number of Topliss-reactive ketones (excluding diaryl/α,β-unsaturated/α-hetero) is 1. The summed E-state index contributed by atoms with van der Waals surface area (Å²) in [4.78, 5) is 37.2. The average molecular weight is 406 g/mol. The monoisotopic (exact) mass is 406 g/mol. The number of ketones is 1. The SMILES string of the molecule is CC(=O)CCC(=O)N(Cc1ccc(-c2ccccc2C#N)cc1)[C@H](C(=O)O)C(C)C. The van der Waals surface area contributed by atoms with E-state index >= 15 is 0 Å². The van der Waals surface area contributed by atoms with Gasteiger partial charge < -0.3 is 14.8 Å². The molecule has 2 aromatic rings. The lowest BCUT2D eigenvalue weighted by Gasteiger charge is -2.31. The summed E-state index contributed by atoms with van der Waals surface area (Å²) in [6.07, 6.45) is 0.0725. The lowest BCUT2D eigenvalue weighted by Crippen LogP contribution is -2.47. The third-order valence-corrected chi connectivity index (χ3v) is 4.90. The molecule has 0 unspecified atom stereocenters. The Morgan fingerprint density at radius 3 is 2.20 bits per heavy atom. The smallest absolute Gasteiger partial charge is 0.326 e. The molecule has 2 aromatic carbocycles. The number of rotatable bonds is 9. The molecule has 0 bridgehead atoms. The predicted molar refractivity (Wildman–Crippen MR) is 113 cm³/mol. The zero-order valence-electron chi connectivity index (χ0n) is 17.5. The van der Waals surface area contributed by atoms with Crippen LogP contribution in [-0.2, 0) is 20.9 Å². The van der Waals surface area contributed by atoms with Crippen molar-refractivity contribution in [2.75, 3.05) is 0 Å². The Hall–Kier alpha value is -3.46. The Bertz CT molecular complexity index is 958. The third kappa shape index (κ3) is 5.77. The molecule has 6 nitrogen and oxygen atoms in total. The first-order valence-electron chi connectivity index (χ1n) is 9.84. The molecule has 0 aliphatic carbocycles. The summed E-state index contributed by atoms with van der Waals surface area (Å²) >= 11 is 0. The number of benzene rings is 2. The molecule has 30 heavy (non-hydrogen) atoms. The van der Waals surface area contributed by atoms with E-state index in [1.54, 1.807) is 26.0 Å². The van der Waals surface area contributed by atoms with Crippen LogP contribution in [0.25, 0.3) is 11.1 Å². The molecule has 0 aromatic heterocycles. The number of nitrogens with zero attached hydrogens (tertiary/aromatic N) is 2. The summed E-state index contributed by atoms with van der Waals surface area (Å²) in [5.74, 6) is -1.82. The molecule has 0 radical (unpaired) electrons. The number of amides is 1. The van der Waals surface area contributed by atoms with Crippen molar-refractivity contribution in [2.45, 2.75) is 46.2 Å². The summed E-state index contributed by atoms with van der Waals surface area (Å²) in [7, 11) is 0. The van der Waals surface area contributed by atoms with Gasteiger partial charge in [-0.1, -0.05) is 56.3 Å². The Morgan fingerprint density at radius 1 is 1.03 bits per heavy atom. The van der Waals surface area contributed by atoms with Gasteiger partial charge >= 0.3 is 5.97 Å². The maximum Gasteiger partial charge on any atom is 0.326 e. The van der Waals surface area contributed by atoms with E-state index in [1.807, 2.05) is 36.4 Å². The first-order valence-corrected chi connectivity index (χ1v) is 9.84. The van der Waals surface area contributed by atoms with Crippen LogP contribution in [0.15, 0.2) is 48.5 Å². The summed E-state index contributed by atoms with van der Waals surface area (Å²) < 4.78 is 0. The zero-order valence-corrected chi connectivity index (χ0v) is 17.5. The van der Waals surface area contributed by atoms with Crippen LogP contribution in [-0.4, -0.2) is 33.7 Å². The summed E-state index contributed by atoms with van der Waals surface area (Å²) in [5, 5.41) is 19.0. The second kappa shape index (κ2) is 10.4. The van der Waals surface area contributed by atoms with Crippen LogP contribution in [0.3, 0.4) is 0 Å². The van der Waals surface area contributed by atoms with Crippen molar-refractivity contribution in [2.24, 2.45) is 5.92 Å². The Labute approximate surface area is 176 Å². The molecule has 0 fully saturated rings. The summed E-state index contributed by atoms with van der Waals surface area (Å²) in [5.41, 5.74) is 3.02. The highest BCUT2D eigenvalue weighted by Gasteiger charge is 2.32. The normalized spacial score (nSPS) is 11.6. The molecular formula is C24H26N2O4. The van der Waals surface area contributed by atoms with Gasteiger partial charge in [0, 0.05) is 19.4 Å². The average Bonchev–Trinajstić information content (AvgIpc) is 2.71. The van der Waals surface area contributed by atoms with Gasteiger partial charge in [-0.2, -0.15) is 5.26 Å². The van der Waals surface area contributed by atoms with E-state index in [2.05, 4.69) is 6.07 Å². The molecule has 0 aliphatic rings. The van der Waals surface area contributed by atoms with Gasteiger partial charge in [0.1, 0.15) is 11.8 Å². The number of carbonyl (C=O) groups is 3. The van der Waals surface area contributed by atoms with Crippen LogP contribution in [0.1, 0.15) is 44.7 Å². The lowest BCUT2D eigenvalue weighted by molar-refractivity contribution is -0.153. The van der Waals surface area contributed by atoms with Gasteiger partial charge in [0.2, 0.25) is 5.91 Å². The number of aliphatic carboxylic acids is 1. The van der Waals surface area contributed by atoms with E-state index in [0.717, 1.165) is 16.7 Å². The summed E-state index contributed by atoms with van der Waals surface area (Å²) in [6.45, 7) is 5.05. The van der Waals surface area contributed by atoms with E-state index in [0.29, 0.717) is 5.56 Å². The number of hydrogen-bond acceptors (Lipinski definition) is 4. The minimum absolute atomic E-state index is 0.0144. The molecule has 1 atom stereocenters. The van der Waals surface area contributed by atoms with Crippen LogP contribution in [0.2, 0.25) is 0 Å². The van der Waals surface area contributed by atoms with E-state index in [-0.39, 0.29) is 37.0 Å². The highest BCUT2D eigenvalue weighted by Crippen LogP contribution is 2.25. The Kier molecular flexibility index (Phi) is 7.88. The van der Waals surface area contributed by atoms with E-state index < -0.39 is 12.0 Å². The number of carboxylic acids is 1. The number of hydrogen-bond donors (Lipinski definition) is 1. The fraction of sp³-hybridized carbons (Fsp3) is 0.333. The number of nitriles is 1. The maximum atomic E-state index is 12.7. The molecule has 0 saturated heterocycles. The van der Waals surface area contributed by atoms with Crippen molar-refractivity contribution in [3.63, 3.8) is 0 Å². The summed E-state index contributed by atoms with van der Waals surface area (Å²) in [6, 6.07) is 15.8. The highest BCUT2D eigenvalue weighted by molar-refractivity contribution is 5.87. The van der Waals surface area contributed by atoms with Gasteiger partial charge in [0.05, 0.1) is 11.6 Å². The second-order valence-electron chi connectivity index (χ2n) is 7.61. The first-order chi connectivity index (χ1) is 14.2. The molecular weight excluding hydrogens is 380 g/mol. The van der Waals surface area contributed by atoms with Gasteiger partial charge in [-0.3, -0.25) is 4.79 Å². The van der Waals surface area contributed by atoms with Crippen molar-refractivity contribution < 1.29 is 19.5 Å². The number of carboxylic acid groups (broad SMARTS) is 1. The largest absolute Gasteiger partial charge is 0.480 e. The van der Waals surface area contributed by atoms with Crippen molar-refractivity contribution in [3.8, 4) is 17.2 Å². The van der Waals surface area contributed by atoms with E-state index in [4.69, 9.17) is 0 Å². The quantitative estimate of drug-likeness (QED) is 0.678. The fourth-order valence-corrected chi connectivity index (χ4v) is 3.37. The van der Waals surface area contributed by atoms with E-state index in [9.17, 15) is 24.8 Å². The standard InChI is InChI=1S/C24H26N2O4/c1-16(2)23(24(29)30)26(22(28)13-8-17(3)27)15-18-9-11-19(12-10-18)21-7-5-4-6-20(21)14-25/h4-7,9-12,16,23H,8,13,15H2,1-3H3,(H,29,30)/t23-/m0/s1.